The van der Waals surface area contributed by atoms with Gasteiger partial charge in [0, 0.05) is 17.5 Å². The highest BCUT2D eigenvalue weighted by Gasteiger charge is 2.35. The Bertz CT molecular complexity index is 863. The predicted octanol–water partition coefficient (Wildman–Crippen LogP) is 3.09. The SMILES string of the molecule is Cc1ccc2c(c1)SCC(=O)N2CC(=O)N1CCC[C@H]1c1cc(C)on1. The van der Waals surface area contributed by atoms with E-state index < -0.39 is 0 Å². The van der Waals surface area contributed by atoms with Crippen molar-refractivity contribution in [2.24, 2.45) is 0 Å². The molecule has 2 aliphatic heterocycles. The fourth-order valence-electron chi connectivity index (χ4n) is 3.63. The predicted molar refractivity (Wildman–Crippen MR) is 99.2 cm³/mol. The van der Waals surface area contributed by atoms with Gasteiger partial charge in [0.15, 0.2) is 0 Å². The summed E-state index contributed by atoms with van der Waals surface area (Å²) >= 11 is 1.54. The maximum atomic E-state index is 13.0. The third kappa shape index (κ3) is 3.11. The van der Waals surface area contributed by atoms with Gasteiger partial charge in [0.1, 0.15) is 18.0 Å². The molecule has 1 atom stereocenters. The lowest BCUT2D eigenvalue weighted by Crippen LogP contribution is -2.44. The lowest BCUT2D eigenvalue weighted by molar-refractivity contribution is -0.132. The standard InChI is InChI=1S/C19H21N3O3S/c1-12-5-6-16-17(8-12)26-11-19(24)22(16)10-18(23)21-7-3-4-15(21)14-9-13(2)25-20-14/h5-6,8-9,15H,3-4,7,10-11H2,1-2H3/t15-/m0/s1. The normalized spacial score (nSPS) is 19.8. The fraction of sp³-hybridized carbons (Fsp3) is 0.421. The number of likely N-dealkylation sites (tertiary alicyclic amines) is 1. The van der Waals surface area contributed by atoms with Crippen LogP contribution in [0.4, 0.5) is 5.69 Å². The zero-order valence-corrected chi connectivity index (χ0v) is 15.7. The quantitative estimate of drug-likeness (QED) is 0.829. The van der Waals surface area contributed by atoms with Crippen molar-refractivity contribution in [3.8, 4) is 0 Å². The van der Waals surface area contributed by atoms with E-state index in [2.05, 4.69) is 11.2 Å². The van der Waals surface area contributed by atoms with Crippen LogP contribution in [0.2, 0.25) is 0 Å². The first-order chi connectivity index (χ1) is 12.5. The van der Waals surface area contributed by atoms with Crippen molar-refractivity contribution < 1.29 is 14.1 Å². The van der Waals surface area contributed by atoms with Crippen LogP contribution in [0.1, 0.15) is 35.9 Å². The molecule has 2 amide bonds. The first-order valence-corrected chi connectivity index (χ1v) is 9.78. The second kappa shape index (κ2) is 6.79. The van der Waals surface area contributed by atoms with E-state index in [9.17, 15) is 9.59 Å². The van der Waals surface area contributed by atoms with Crippen molar-refractivity contribution in [3.63, 3.8) is 0 Å². The molecular weight excluding hydrogens is 350 g/mol. The molecular formula is C19H21N3O3S. The smallest absolute Gasteiger partial charge is 0.243 e. The number of aryl methyl sites for hydroxylation is 2. The molecule has 2 aliphatic rings. The summed E-state index contributed by atoms with van der Waals surface area (Å²) < 4.78 is 5.17. The summed E-state index contributed by atoms with van der Waals surface area (Å²) in [5, 5.41) is 4.09. The topological polar surface area (TPSA) is 66.7 Å². The van der Waals surface area contributed by atoms with Gasteiger partial charge in [-0.3, -0.25) is 9.59 Å². The van der Waals surface area contributed by atoms with E-state index in [-0.39, 0.29) is 24.4 Å². The van der Waals surface area contributed by atoms with Crippen LogP contribution < -0.4 is 4.90 Å². The van der Waals surface area contributed by atoms with Crippen molar-refractivity contribution >= 4 is 29.3 Å². The van der Waals surface area contributed by atoms with Crippen molar-refractivity contribution in [1.29, 1.82) is 0 Å². The monoisotopic (exact) mass is 371 g/mol. The van der Waals surface area contributed by atoms with Gasteiger partial charge < -0.3 is 14.3 Å². The average molecular weight is 371 g/mol. The highest BCUT2D eigenvalue weighted by molar-refractivity contribution is 8.00. The van der Waals surface area contributed by atoms with E-state index >= 15 is 0 Å². The number of nitrogens with zero attached hydrogens (tertiary/aromatic N) is 3. The van der Waals surface area contributed by atoms with E-state index in [0.717, 1.165) is 40.4 Å². The molecule has 0 aliphatic carbocycles. The molecule has 0 spiro atoms. The Morgan fingerprint density at radius 2 is 2.19 bits per heavy atom. The Morgan fingerprint density at radius 3 is 2.96 bits per heavy atom. The number of benzene rings is 1. The number of carbonyl (C=O) groups excluding carboxylic acids is 2. The molecule has 26 heavy (non-hydrogen) atoms. The van der Waals surface area contributed by atoms with Crippen LogP contribution in [0.25, 0.3) is 0 Å². The van der Waals surface area contributed by atoms with Crippen LogP contribution in [-0.4, -0.2) is 40.7 Å². The zero-order chi connectivity index (χ0) is 18.3. The van der Waals surface area contributed by atoms with E-state index in [0.29, 0.717) is 12.3 Å². The Labute approximate surface area is 156 Å². The van der Waals surface area contributed by atoms with Crippen molar-refractivity contribution in [3.05, 3.63) is 41.3 Å². The molecule has 1 aromatic carbocycles. The third-order valence-electron chi connectivity index (χ3n) is 4.91. The molecule has 2 aromatic rings. The number of amides is 2. The van der Waals surface area contributed by atoms with Gasteiger partial charge in [0.25, 0.3) is 0 Å². The number of hydrogen-bond acceptors (Lipinski definition) is 5. The van der Waals surface area contributed by atoms with Gasteiger partial charge in [0.2, 0.25) is 11.8 Å². The maximum Gasteiger partial charge on any atom is 0.243 e. The molecule has 136 valence electrons. The van der Waals surface area contributed by atoms with E-state index in [1.165, 1.54) is 11.8 Å². The first kappa shape index (κ1) is 17.1. The molecule has 0 bridgehead atoms. The summed E-state index contributed by atoms with van der Waals surface area (Å²) in [6.45, 7) is 4.64. The number of hydrogen-bond donors (Lipinski definition) is 0. The Morgan fingerprint density at radius 1 is 1.35 bits per heavy atom. The van der Waals surface area contributed by atoms with Gasteiger partial charge in [-0.2, -0.15) is 0 Å². The lowest BCUT2D eigenvalue weighted by atomic mass is 10.1. The van der Waals surface area contributed by atoms with Crippen LogP contribution in [0.15, 0.2) is 33.7 Å². The Balaban J connectivity index is 1.55. The van der Waals surface area contributed by atoms with Crippen LogP contribution in [0, 0.1) is 13.8 Å². The Hall–Kier alpha value is -2.28. The van der Waals surface area contributed by atoms with E-state index in [1.807, 2.05) is 36.9 Å². The number of aromatic nitrogens is 1. The van der Waals surface area contributed by atoms with Gasteiger partial charge in [-0.1, -0.05) is 11.2 Å². The number of thioether (sulfide) groups is 1. The molecule has 1 saturated heterocycles. The van der Waals surface area contributed by atoms with Crippen LogP contribution in [0.5, 0.6) is 0 Å². The van der Waals surface area contributed by atoms with E-state index in [1.54, 1.807) is 4.90 Å². The summed E-state index contributed by atoms with van der Waals surface area (Å²) in [5.74, 6) is 1.05. The van der Waals surface area contributed by atoms with Crippen LogP contribution >= 0.6 is 11.8 Å². The highest BCUT2D eigenvalue weighted by Crippen LogP contribution is 2.37. The highest BCUT2D eigenvalue weighted by atomic mass is 32.2. The molecule has 0 unspecified atom stereocenters. The summed E-state index contributed by atoms with van der Waals surface area (Å²) in [6, 6.07) is 7.81. The van der Waals surface area contributed by atoms with Gasteiger partial charge in [-0.05, 0) is 44.4 Å². The Kier molecular flexibility index (Phi) is 4.48. The fourth-order valence-corrected chi connectivity index (χ4v) is 4.66. The van der Waals surface area contributed by atoms with Gasteiger partial charge in [-0.15, -0.1) is 11.8 Å². The molecule has 0 saturated carbocycles. The number of anilines is 1. The molecule has 6 nitrogen and oxygen atoms in total. The molecule has 0 radical (unpaired) electrons. The maximum absolute atomic E-state index is 13.0. The summed E-state index contributed by atoms with van der Waals surface area (Å²) in [7, 11) is 0. The minimum absolute atomic E-state index is 0.0206. The van der Waals surface area contributed by atoms with Gasteiger partial charge in [0.05, 0.1) is 17.5 Å². The second-order valence-electron chi connectivity index (χ2n) is 6.85. The summed E-state index contributed by atoms with van der Waals surface area (Å²) in [5.41, 5.74) is 2.78. The largest absolute Gasteiger partial charge is 0.361 e. The lowest BCUT2D eigenvalue weighted by Gasteiger charge is -2.31. The van der Waals surface area contributed by atoms with Crippen molar-refractivity contribution in [1.82, 2.24) is 10.1 Å². The van der Waals surface area contributed by atoms with Gasteiger partial charge >= 0.3 is 0 Å². The first-order valence-electron chi connectivity index (χ1n) is 8.79. The third-order valence-corrected chi connectivity index (χ3v) is 5.94. The zero-order valence-electron chi connectivity index (χ0n) is 14.9. The molecule has 4 rings (SSSR count). The van der Waals surface area contributed by atoms with Crippen LogP contribution in [-0.2, 0) is 9.59 Å². The molecule has 1 fully saturated rings. The number of fused-ring (bicyclic) bond motifs is 1. The molecule has 7 heteroatoms. The van der Waals surface area contributed by atoms with Crippen molar-refractivity contribution in [2.45, 2.75) is 37.6 Å². The number of rotatable bonds is 3. The molecule has 1 aromatic heterocycles. The average Bonchev–Trinajstić information content (AvgIpc) is 3.26. The summed E-state index contributed by atoms with van der Waals surface area (Å²) in [4.78, 5) is 30.0. The number of carbonyl (C=O) groups is 2. The minimum Gasteiger partial charge on any atom is -0.361 e. The van der Waals surface area contributed by atoms with Crippen LogP contribution in [0.3, 0.4) is 0 Å². The van der Waals surface area contributed by atoms with Crippen molar-refractivity contribution in [2.75, 3.05) is 23.7 Å². The van der Waals surface area contributed by atoms with E-state index in [4.69, 9.17) is 4.52 Å². The molecule has 3 heterocycles. The molecule has 0 N–H and O–H groups in total. The summed E-state index contributed by atoms with van der Waals surface area (Å²) in [6.07, 6.45) is 1.80. The van der Waals surface area contributed by atoms with Gasteiger partial charge in [-0.25, -0.2) is 0 Å². The second-order valence-corrected chi connectivity index (χ2v) is 7.86. The minimum atomic E-state index is -0.0632.